The summed E-state index contributed by atoms with van der Waals surface area (Å²) >= 11 is 0.614. The van der Waals surface area contributed by atoms with Crippen molar-refractivity contribution in [3.05, 3.63) is 9.67 Å². The van der Waals surface area contributed by atoms with E-state index in [2.05, 4.69) is 9.97 Å². The number of aliphatic hydroxyl groups is 2. The molecule has 0 aliphatic carbocycles. The van der Waals surface area contributed by atoms with Gasteiger partial charge in [-0.3, -0.25) is 9.36 Å². The molecule has 5 N–H and O–H groups in total. The summed E-state index contributed by atoms with van der Waals surface area (Å²) in [4.78, 5) is 18.7. The van der Waals surface area contributed by atoms with Crippen LogP contribution in [0.3, 0.4) is 0 Å². The number of nitrogens with zero attached hydrogens (tertiary/aromatic N) is 3. The molecule has 2 aromatic rings. The quantitative estimate of drug-likeness (QED) is 0.536. The number of nitrogen functional groups attached to an aromatic ring is 1. The van der Waals surface area contributed by atoms with Gasteiger partial charge in [-0.25, -0.2) is 4.39 Å². The molecule has 1 aliphatic heterocycles. The molecule has 1 aliphatic rings. The first-order valence-electron chi connectivity index (χ1n) is 5.90. The number of aliphatic hydroxyl groups excluding tert-OH is 2. The molecular formula is C10H11FN4O5S. The predicted molar refractivity (Wildman–Crippen MR) is 69.7 cm³/mol. The van der Waals surface area contributed by atoms with E-state index in [-0.39, 0.29) is 16.3 Å². The van der Waals surface area contributed by atoms with Gasteiger partial charge < -0.3 is 25.8 Å². The van der Waals surface area contributed by atoms with Crippen molar-refractivity contribution in [2.45, 2.75) is 24.6 Å². The lowest BCUT2D eigenvalue weighted by atomic mass is 10.1. The minimum absolute atomic E-state index is 0.0489. The zero-order valence-electron chi connectivity index (χ0n) is 10.4. The van der Waals surface area contributed by atoms with Crippen LogP contribution in [0, 0.1) is 0 Å². The molecule has 114 valence electrons. The Balaban J connectivity index is 2.17. The van der Waals surface area contributed by atoms with Crippen molar-refractivity contribution in [2.75, 3.05) is 12.3 Å². The van der Waals surface area contributed by atoms with Crippen LogP contribution in [0.4, 0.5) is 10.3 Å². The Bertz CT molecular complexity index is 749. The second-order valence-electron chi connectivity index (χ2n) is 4.48. The summed E-state index contributed by atoms with van der Waals surface area (Å²) in [6, 6.07) is 0. The van der Waals surface area contributed by atoms with Crippen molar-refractivity contribution >= 4 is 27.6 Å². The fraction of sp³-hybridized carbons (Fsp3) is 0.500. The minimum Gasteiger partial charge on any atom is -0.492 e. The molecule has 9 nitrogen and oxygen atoms in total. The van der Waals surface area contributed by atoms with Crippen LogP contribution in [-0.4, -0.2) is 54.8 Å². The summed E-state index contributed by atoms with van der Waals surface area (Å²) < 4.78 is 19.9. The number of rotatable bonds is 2. The second-order valence-corrected chi connectivity index (χ2v) is 5.44. The largest absolute Gasteiger partial charge is 0.492 e. The Morgan fingerprint density at radius 3 is 2.81 bits per heavy atom. The number of thiazole rings is 1. The lowest BCUT2D eigenvalue weighted by Crippen LogP contribution is -2.31. The summed E-state index contributed by atoms with van der Waals surface area (Å²) in [6.45, 7) is -0.645. The van der Waals surface area contributed by atoms with E-state index in [1.807, 2.05) is 0 Å². The number of aromatic hydroxyl groups is 1. The van der Waals surface area contributed by atoms with Gasteiger partial charge in [0.1, 0.15) is 16.9 Å². The van der Waals surface area contributed by atoms with E-state index in [1.165, 1.54) is 0 Å². The minimum atomic E-state index is -1.85. The molecular weight excluding hydrogens is 307 g/mol. The molecule has 3 heterocycles. The number of alkyl halides is 1. The van der Waals surface area contributed by atoms with E-state index in [9.17, 15) is 19.4 Å². The number of anilines is 1. The summed E-state index contributed by atoms with van der Waals surface area (Å²) in [6.07, 6.45) is -6.13. The highest BCUT2D eigenvalue weighted by Gasteiger charge is 2.46. The zero-order chi connectivity index (χ0) is 15.3. The number of aromatic nitrogens is 3. The smallest absolute Gasteiger partial charge is 0.311 e. The zero-order valence-corrected chi connectivity index (χ0v) is 11.2. The third-order valence-electron chi connectivity index (χ3n) is 3.18. The average Bonchev–Trinajstić information content (AvgIpc) is 2.89. The van der Waals surface area contributed by atoms with Gasteiger partial charge in [0.15, 0.2) is 18.0 Å². The van der Waals surface area contributed by atoms with Crippen molar-refractivity contribution in [1.82, 2.24) is 14.5 Å². The number of fused-ring (bicyclic) bond motifs is 1. The molecule has 0 aromatic carbocycles. The summed E-state index contributed by atoms with van der Waals surface area (Å²) in [5.74, 6) is -0.768. The predicted octanol–water partition coefficient (Wildman–Crippen LogP) is -1.27. The molecule has 4 atom stereocenters. The molecule has 0 unspecified atom stereocenters. The van der Waals surface area contributed by atoms with Gasteiger partial charge >= 0.3 is 4.87 Å². The van der Waals surface area contributed by atoms with Crippen molar-refractivity contribution in [2.24, 2.45) is 0 Å². The third-order valence-corrected chi connectivity index (χ3v) is 4.12. The van der Waals surface area contributed by atoms with E-state index in [0.29, 0.717) is 11.3 Å². The summed E-state index contributed by atoms with van der Waals surface area (Å²) in [7, 11) is 0. The van der Waals surface area contributed by atoms with Crippen LogP contribution in [0.2, 0.25) is 0 Å². The van der Waals surface area contributed by atoms with Gasteiger partial charge in [-0.2, -0.15) is 9.97 Å². The molecule has 0 saturated carbocycles. The monoisotopic (exact) mass is 318 g/mol. The van der Waals surface area contributed by atoms with Gasteiger partial charge in [0.05, 0.1) is 6.61 Å². The van der Waals surface area contributed by atoms with Gasteiger partial charge in [0, 0.05) is 0 Å². The Morgan fingerprint density at radius 2 is 2.19 bits per heavy atom. The number of ether oxygens (including phenoxy) is 1. The van der Waals surface area contributed by atoms with Crippen molar-refractivity contribution in [1.29, 1.82) is 0 Å². The molecule has 11 heteroatoms. The van der Waals surface area contributed by atoms with E-state index in [4.69, 9.17) is 15.6 Å². The number of nitrogens with two attached hydrogens (primary N) is 1. The first kappa shape index (κ1) is 14.1. The van der Waals surface area contributed by atoms with Gasteiger partial charge in [0.2, 0.25) is 11.8 Å². The van der Waals surface area contributed by atoms with Crippen LogP contribution in [0.1, 0.15) is 6.23 Å². The highest BCUT2D eigenvalue weighted by molar-refractivity contribution is 7.16. The molecule has 0 radical (unpaired) electrons. The van der Waals surface area contributed by atoms with Crippen LogP contribution in [0.5, 0.6) is 5.88 Å². The van der Waals surface area contributed by atoms with Crippen LogP contribution < -0.4 is 10.6 Å². The SMILES string of the molecule is Nc1nc(O)c2sc(=O)n([C@@H]3O[C@H](CO)[C@H](F)[C@H]3O)c2n1. The van der Waals surface area contributed by atoms with Gasteiger partial charge in [0.25, 0.3) is 0 Å². The normalized spacial score (nSPS) is 29.3. The molecule has 1 saturated heterocycles. The summed E-state index contributed by atoms with van der Waals surface area (Å²) in [5, 5.41) is 28.5. The van der Waals surface area contributed by atoms with Crippen LogP contribution in [-0.2, 0) is 4.74 Å². The number of halogens is 1. The highest BCUT2D eigenvalue weighted by Crippen LogP contribution is 2.34. The maximum atomic E-state index is 13.8. The van der Waals surface area contributed by atoms with Crippen LogP contribution in [0.25, 0.3) is 10.3 Å². The lowest BCUT2D eigenvalue weighted by Gasteiger charge is -2.15. The Hall–Kier alpha value is -1.82. The van der Waals surface area contributed by atoms with Crippen molar-refractivity contribution in [3.63, 3.8) is 0 Å². The lowest BCUT2D eigenvalue weighted by molar-refractivity contribution is -0.0503. The van der Waals surface area contributed by atoms with E-state index in [1.54, 1.807) is 0 Å². The average molecular weight is 318 g/mol. The first-order valence-corrected chi connectivity index (χ1v) is 6.71. The highest BCUT2D eigenvalue weighted by atomic mass is 32.1. The van der Waals surface area contributed by atoms with Gasteiger partial charge in [-0.15, -0.1) is 0 Å². The molecule has 3 rings (SSSR count). The first-order chi connectivity index (χ1) is 9.93. The maximum Gasteiger partial charge on any atom is 0.311 e. The molecule has 1 fully saturated rings. The standard InChI is InChI=1S/C10H11FN4O5S/c11-3-2(1-16)20-8(4(3)17)15-6-5(21-10(15)19)7(18)14-9(12)13-6/h2-4,8,16-17H,1H2,(H3,12,13,14,18)/t2-,3+,4-,8-/m1/s1. The van der Waals surface area contributed by atoms with Gasteiger partial charge in [-0.1, -0.05) is 11.3 Å². The summed E-state index contributed by atoms with van der Waals surface area (Å²) in [5.41, 5.74) is 5.34. The van der Waals surface area contributed by atoms with Crippen LogP contribution >= 0.6 is 11.3 Å². The maximum absolute atomic E-state index is 13.8. The Labute approximate surface area is 120 Å². The third kappa shape index (κ3) is 2.05. The molecule has 21 heavy (non-hydrogen) atoms. The number of hydrogen-bond donors (Lipinski definition) is 4. The van der Waals surface area contributed by atoms with E-state index < -0.39 is 42.0 Å². The van der Waals surface area contributed by atoms with Gasteiger partial charge in [-0.05, 0) is 0 Å². The second kappa shape index (κ2) is 4.87. The topological polar surface area (TPSA) is 144 Å². The molecule has 0 spiro atoms. The van der Waals surface area contributed by atoms with E-state index in [0.717, 1.165) is 4.57 Å². The molecule has 0 amide bonds. The van der Waals surface area contributed by atoms with E-state index >= 15 is 0 Å². The van der Waals surface area contributed by atoms with Crippen molar-refractivity contribution in [3.8, 4) is 5.88 Å². The number of hydrogen-bond acceptors (Lipinski definition) is 9. The Kier molecular flexibility index (Phi) is 3.28. The fourth-order valence-corrected chi connectivity index (χ4v) is 3.05. The van der Waals surface area contributed by atoms with Crippen molar-refractivity contribution < 1.29 is 24.4 Å². The fourth-order valence-electron chi connectivity index (χ4n) is 2.21. The molecule has 0 bridgehead atoms. The van der Waals surface area contributed by atoms with Crippen LogP contribution in [0.15, 0.2) is 4.79 Å². The Morgan fingerprint density at radius 1 is 1.48 bits per heavy atom. The molecule has 2 aromatic heterocycles.